The van der Waals surface area contributed by atoms with Crippen LogP contribution in [0, 0.1) is 12.7 Å². The Kier molecular flexibility index (Phi) is 3.64. The summed E-state index contributed by atoms with van der Waals surface area (Å²) in [5.74, 6) is 0.0459. The monoisotopic (exact) mass is 331 g/mol. The Bertz CT molecular complexity index is 597. The third-order valence-electron chi connectivity index (χ3n) is 2.83. The van der Waals surface area contributed by atoms with Gasteiger partial charge in [-0.3, -0.25) is 0 Å². The summed E-state index contributed by atoms with van der Waals surface area (Å²) >= 11 is 9.21. The first-order chi connectivity index (χ1) is 8.41. The molecule has 0 saturated heterocycles. The number of anilines is 1. The van der Waals surface area contributed by atoms with E-state index in [-0.39, 0.29) is 11.9 Å². The average molecular weight is 333 g/mol. The molecule has 0 aliphatic carbocycles. The number of aryl methyl sites for hydroxylation is 1. The van der Waals surface area contributed by atoms with Gasteiger partial charge in [-0.2, -0.15) is 5.10 Å². The molecule has 3 nitrogen and oxygen atoms in total. The van der Waals surface area contributed by atoms with Crippen LogP contribution in [-0.4, -0.2) is 9.78 Å². The van der Waals surface area contributed by atoms with Crippen molar-refractivity contribution < 1.29 is 4.39 Å². The molecule has 0 radical (unpaired) electrons. The minimum absolute atomic E-state index is 0.305. The predicted octanol–water partition coefficient (Wildman–Crippen LogP) is 3.94. The van der Waals surface area contributed by atoms with E-state index >= 15 is 0 Å². The second-order valence-electron chi connectivity index (χ2n) is 4.07. The Morgan fingerprint density at radius 3 is 2.67 bits per heavy atom. The normalized spacial score (nSPS) is 12.7. The van der Waals surface area contributed by atoms with E-state index in [0.717, 1.165) is 0 Å². The van der Waals surface area contributed by atoms with Gasteiger partial charge in [-0.15, -0.1) is 0 Å². The summed E-state index contributed by atoms with van der Waals surface area (Å²) in [5, 5.41) is 4.65. The van der Waals surface area contributed by atoms with Gasteiger partial charge in [-0.25, -0.2) is 9.07 Å². The van der Waals surface area contributed by atoms with E-state index in [1.165, 1.54) is 10.7 Å². The van der Waals surface area contributed by atoms with Crippen LogP contribution in [0.5, 0.6) is 0 Å². The van der Waals surface area contributed by atoms with E-state index in [2.05, 4.69) is 21.0 Å². The summed E-state index contributed by atoms with van der Waals surface area (Å²) in [6.07, 6.45) is 0. The minimum atomic E-state index is -0.315. The van der Waals surface area contributed by atoms with Gasteiger partial charge >= 0.3 is 0 Å². The molecule has 6 heteroatoms. The fraction of sp³-hybridized carbons (Fsp3) is 0.250. The number of rotatable bonds is 2. The third kappa shape index (κ3) is 2.24. The number of aromatic nitrogens is 2. The molecule has 0 saturated carbocycles. The Hall–Kier alpha value is -1.07. The molecule has 1 unspecified atom stereocenters. The topological polar surface area (TPSA) is 43.8 Å². The highest BCUT2D eigenvalue weighted by molar-refractivity contribution is 9.10. The molecule has 0 fully saturated rings. The molecule has 0 bridgehead atoms. The van der Waals surface area contributed by atoms with E-state index in [4.69, 9.17) is 17.3 Å². The highest BCUT2D eigenvalue weighted by Gasteiger charge is 2.19. The molecule has 18 heavy (non-hydrogen) atoms. The van der Waals surface area contributed by atoms with Crippen LogP contribution in [0.1, 0.15) is 24.2 Å². The highest BCUT2D eigenvalue weighted by Crippen LogP contribution is 2.30. The van der Waals surface area contributed by atoms with Gasteiger partial charge in [-0.05, 0) is 26.0 Å². The Morgan fingerprint density at radius 1 is 1.50 bits per heavy atom. The molecule has 0 amide bonds. The van der Waals surface area contributed by atoms with Crippen LogP contribution in [0.3, 0.4) is 0 Å². The molecule has 1 atom stereocenters. The smallest absolute Gasteiger partial charge is 0.141 e. The summed E-state index contributed by atoms with van der Waals surface area (Å²) in [5.41, 5.74) is 7.01. The molecule has 96 valence electrons. The number of nitrogens with two attached hydrogens (primary N) is 1. The third-order valence-corrected chi connectivity index (χ3v) is 3.79. The maximum absolute atomic E-state index is 13.9. The van der Waals surface area contributed by atoms with Crippen molar-refractivity contribution in [2.45, 2.75) is 19.9 Å². The predicted molar refractivity (Wildman–Crippen MR) is 74.3 cm³/mol. The molecule has 0 aliphatic rings. The molecule has 1 heterocycles. The number of nitrogen functional groups attached to an aromatic ring is 1. The van der Waals surface area contributed by atoms with E-state index in [1.54, 1.807) is 19.1 Å². The Morgan fingerprint density at radius 2 is 2.17 bits per heavy atom. The van der Waals surface area contributed by atoms with Gasteiger partial charge in [0.2, 0.25) is 0 Å². The maximum atomic E-state index is 13.9. The van der Waals surface area contributed by atoms with Gasteiger partial charge in [0.1, 0.15) is 16.7 Å². The van der Waals surface area contributed by atoms with Crippen LogP contribution in [0.15, 0.2) is 22.7 Å². The lowest BCUT2D eigenvalue weighted by Crippen LogP contribution is -2.13. The van der Waals surface area contributed by atoms with Crippen molar-refractivity contribution in [2.24, 2.45) is 0 Å². The van der Waals surface area contributed by atoms with Crippen LogP contribution in [0.2, 0.25) is 5.02 Å². The molecule has 2 rings (SSSR count). The van der Waals surface area contributed by atoms with Crippen molar-refractivity contribution in [1.29, 1.82) is 0 Å². The SMILES string of the molecule is Cc1nn(C(C)c2ccc(Br)cc2F)c(N)c1Cl. The zero-order chi connectivity index (χ0) is 13.4. The molecule has 0 aliphatic heterocycles. The fourth-order valence-electron chi connectivity index (χ4n) is 1.81. The first-order valence-corrected chi connectivity index (χ1v) is 6.54. The van der Waals surface area contributed by atoms with E-state index in [1.807, 2.05) is 6.92 Å². The van der Waals surface area contributed by atoms with Crippen molar-refractivity contribution in [2.75, 3.05) is 5.73 Å². The molecule has 0 spiro atoms. The summed E-state index contributed by atoms with van der Waals surface area (Å²) < 4.78 is 16.1. The fourth-order valence-corrected chi connectivity index (χ4v) is 2.27. The number of hydrogen-bond donors (Lipinski definition) is 1. The summed E-state index contributed by atoms with van der Waals surface area (Å²) in [6, 6.07) is 4.58. The average Bonchev–Trinajstić information content (AvgIpc) is 2.56. The standard InChI is InChI=1S/C12H12BrClFN3/c1-6-11(14)12(16)18(17-6)7(2)9-4-3-8(13)5-10(9)15/h3-5,7H,16H2,1-2H3. The second-order valence-corrected chi connectivity index (χ2v) is 5.36. The summed E-state index contributed by atoms with van der Waals surface area (Å²) in [6.45, 7) is 3.59. The molecular weight excluding hydrogens is 321 g/mol. The van der Waals surface area contributed by atoms with Gasteiger partial charge in [-0.1, -0.05) is 33.6 Å². The first kappa shape index (κ1) is 13.4. The van der Waals surface area contributed by atoms with Crippen molar-refractivity contribution in [3.63, 3.8) is 0 Å². The summed E-state index contributed by atoms with van der Waals surface area (Å²) in [7, 11) is 0. The van der Waals surface area contributed by atoms with Gasteiger partial charge in [0.25, 0.3) is 0 Å². The Labute approximate surface area is 118 Å². The molecular formula is C12H12BrClFN3. The van der Waals surface area contributed by atoms with Crippen molar-refractivity contribution in [1.82, 2.24) is 9.78 Å². The minimum Gasteiger partial charge on any atom is -0.383 e. The van der Waals surface area contributed by atoms with E-state index in [0.29, 0.717) is 26.6 Å². The van der Waals surface area contributed by atoms with Crippen molar-refractivity contribution >= 4 is 33.3 Å². The van der Waals surface area contributed by atoms with E-state index < -0.39 is 0 Å². The van der Waals surface area contributed by atoms with Gasteiger partial charge in [0, 0.05) is 10.0 Å². The van der Waals surface area contributed by atoms with Gasteiger partial charge < -0.3 is 5.73 Å². The molecule has 2 aromatic rings. The molecule has 1 aromatic heterocycles. The zero-order valence-corrected chi connectivity index (χ0v) is 12.3. The van der Waals surface area contributed by atoms with Crippen LogP contribution in [0.25, 0.3) is 0 Å². The number of hydrogen-bond acceptors (Lipinski definition) is 2. The number of benzene rings is 1. The zero-order valence-electron chi connectivity index (χ0n) is 9.92. The molecule has 1 aromatic carbocycles. The van der Waals surface area contributed by atoms with Crippen molar-refractivity contribution in [3.05, 3.63) is 44.8 Å². The lowest BCUT2D eigenvalue weighted by Gasteiger charge is -2.15. The van der Waals surface area contributed by atoms with Crippen LogP contribution < -0.4 is 5.73 Å². The largest absolute Gasteiger partial charge is 0.383 e. The lowest BCUT2D eigenvalue weighted by molar-refractivity contribution is 0.524. The second kappa shape index (κ2) is 4.90. The van der Waals surface area contributed by atoms with Gasteiger partial charge in [0.05, 0.1) is 11.7 Å². The van der Waals surface area contributed by atoms with Crippen LogP contribution in [0.4, 0.5) is 10.2 Å². The molecule has 2 N–H and O–H groups in total. The number of nitrogens with zero attached hydrogens (tertiary/aromatic N) is 2. The number of halogens is 3. The van der Waals surface area contributed by atoms with Crippen LogP contribution in [-0.2, 0) is 0 Å². The van der Waals surface area contributed by atoms with Gasteiger partial charge in [0.15, 0.2) is 0 Å². The Balaban J connectivity index is 2.47. The van der Waals surface area contributed by atoms with Crippen LogP contribution >= 0.6 is 27.5 Å². The highest BCUT2D eigenvalue weighted by atomic mass is 79.9. The quantitative estimate of drug-likeness (QED) is 0.905. The van der Waals surface area contributed by atoms with Crippen molar-refractivity contribution in [3.8, 4) is 0 Å². The lowest BCUT2D eigenvalue weighted by atomic mass is 10.1. The maximum Gasteiger partial charge on any atom is 0.141 e. The first-order valence-electron chi connectivity index (χ1n) is 5.37. The summed E-state index contributed by atoms with van der Waals surface area (Å²) in [4.78, 5) is 0. The van der Waals surface area contributed by atoms with E-state index in [9.17, 15) is 4.39 Å².